The van der Waals surface area contributed by atoms with Gasteiger partial charge in [-0.05, 0) is 19.0 Å². The SMILES string of the molecule is C=CN(CCCO)CCCCCCCCCC. The van der Waals surface area contributed by atoms with Crippen molar-refractivity contribution in [1.82, 2.24) is 4.90 Å². The normalized spacial score (nSPS) is 10.5. The molecule has 0 radical (unpaired) electrons. The van der Waals surface area contributed by atoms with Gasteiger partial charge in [-0.25, -0.2) is 0 Å². The molecule has 0 saturated heterocycles. The van der Waals surface area contributed by atoms with E-state index in [9.17, 15) is 0 Å². The van der Waals surface area contributed by atoms with Crippen molar-refractivity contribution in [2.24, 2.45) is 0 Å². The summed E-state index contributed by atoms with van der Waals surface area (Å²) < 4.78 is 0. The second kappa shape index (κ2) is 13.6. The van der Waals surface area contributed by atoms with Gasteiger partial charge in [-0.15, -0.1) is 0 Å². The quantitative estimate of drug-likeness (QED) is 0.493. The van der Waals surface area contributed by atoms with Gasteiger partial charge in [0, 0.05) is 19.7 Å². The molecule has 0 spiro atoms. The summed E-state index contributed by atoms with van der Waals surface area (Å²) >= 11 is 0. The van der Waals surface area contributed by atoms with Crippen LogP contribution in [0.25, 0.3) is 0 Å². The summed E-state index contributed by atoms with van der Waals surface area (Å²) in [5.41, 5.74) is 0. The maximum absolute atomic E-state index is 8.76. The van der Waals surface area contributed by atoms with Crippen molar-refractivity contribution in [2.45, 2.75) is 64.7 Å². The van der Waals surface area contributed by atoms with Crippen LogP contribution in [0.15, 0.2) is 12.8 Å². The molecule has 102 valence electrons. The monoisotopic (exact) mass is 241 g/mol. The Hall–Kier alpha value is -0.500. The molecule has 0 aromatic carbocycles. The van der Waals surface area contributed by atoms with Gasteiger partial charge in [0.2, 0.25) is 0 Å². The van der Waals surface area contributed by atoms with E-state index < -0.39 is 0 Å². The Morgan fingerprint density at radius 1 is 0.882 bits per heavy atom. The molecule has 0 aliphatic carbocycles. The first-order valence-electron chi connectivity index (χ1n) is 7.32. The number of unbranched alkanes of at least 4 members (excludes halogenated alkanes) is 7. The number of aliphatic hydroxyl groups excluding tert-OH is 1. The summed E-state index contributed by atoms with van der Waals surface area (Å²) in [6, 6.07) is 0. The van der Waals surface area contributed by atoms with E-state index in [0.29, 0.717) is 0 Å². The molecule has 0 aliphatic rings. The molecule has 0 aromatic rings. The van der Waals surface area contributed by atoms with Crippen molar-refractivity contribution in [1.29, 1.82) is 0 Å². The van der Waals surface area contributed by atoms with Crippen LogP contribution in [0.4, 0.5) is 0 Å². The molecular formula is C15H31NO. The van der Waals surface area contributed by atoms with Crippen molar-refractivity contribution in [3.8, 4) is 0 Å². The zero-order valence-corrected chi connectivity index (χ0v) is 11.7. The minimum Gasteiger partial charge on any atom is -0.396 e. The largest absolute Gasteiger partial charge is 0.396 e. The first kappa shape index (κ1) is 16.5. The van der Waals surface area contributed by atoms with Gasteiger partial charge < -0.3 is 10.0 Å². The number of hydrogen-bond acceptors (Lipinski definition) is 2. The molecule has 17 heavy (non-hydrogen) atoms. The van der Waals surface area contributed by atoms with Crippen LogP contribution >= 0.6 is 0 Å². The van der Waals surface area contributed by atoms with Crippen LogP contribution in [0, 0.1) is 0 Å². The average Bonchev–Trinajstić information content (AvgIpc) is 2.36. The van der Waals surface area contributed by atoms with E-state index in [2.05, 4.69) is 18.4 Å². The number of aliphatic hydroxyl groups is 1. The fraction of sp³-hybridized carbons (Fsp3) is 0.867. The third-order valence-corrected chi connectivity index (χ3v) is 3.16. The minimum atomic E-state index is 0.280. The Morgan fingerprint density at radius 2 is 1.41 bits per heavy atom. The molecule has 0 fully saturated rings. The van der Waals surface area contributed by atoms with Crippen LogP contribution in [0.3, 0.4) is 0 Å². The molecule has 0 aromatic heterocycles. The Kier molecular flexibility index (Phi) is 13.2. The van der Waals surface area contributed by atoms with Gasteiger partial charge in [0.15, 0.2) is 0 Å². The maximum Gasteiger partial charge on any atom is 0.0447 e. The molecule has 0 saturated carbocycles. The summed E-state index contributed by atoms with van der Waals surface area (Å²) in [5.74, 6) is 0. The van der Waals surface area contributed by atoms with E-state index in [1.165, 1.54) is 51.4 Å². The van der Waals surface area contributed by atoms with Gasteiger partial charge in [0.25, 0.3) is 0 Å². The summed E-state index contributed by atoms with van der Waals surface area (Å²) in [5, 5.41) is 8.76. The van der Waals surface area contributed by atoms with Crippen molar-refractivity contribution in [3.63, 3.8) is 0 Å². The van der Waals surface area contributed by atoms with Crippen LogP contribution in [0.2, 0.25) is 0 Å². The van der Waals surface area contributed by atoms with Crippen LogP contribution < -0.4 is 0 Å². The smallest absolute Gasteiger partial charge is 0.0447 e. The number of rotatable bonds is 13. The van der Waals surface area contributed by atoms with Crippen LogP contribution in [-0.2, 0) is 0 Å². The first-order valence-corrected chi connectivity index (χ1v) is 7.32. The number of nitrogens with zero attached hydrogens (tertiary/aromatic N) is 1. The molecule has 1 N–H and O–H groups in total. The summed E-state index contributed by atoms with van der Waals surface area (Å²) in [7, 11) is 0. The van der Waals surface area contributed by atoms with Gasteiger partial charge in [0.1, 0.15) is 0 Å². The zero-order chi connectivity index (χ0) is 12.8. The van der Waals surface area contributed by atoms with E-state index in [1.54, 1.807) is 0 Å². The Morgan fingerprint density at radius 3 is 1.94 bits per heavy atom. The van der Waals surface area contributed by atoms with E-state index >= 15 is 0 Å². The van der Waals surface area contributed by atoms with E-state index in [1.807, 2.05) is 6.20 Å². The Bertz CT molecular complexity index is 159. The van der Waals surface area contributed by atoms with Crippen LogP contribution in [-0.4, -0.2) is 29.7 Å². The average molecular weight is 241 g/mol. The molecule has 0 bridgehead atoms. The zero-order valence-electron chi connectivity index (χ0n) is 11.7. The first-order chi connectivity index (χ1) is 8.35. The highest BCUT2D eigenvalue weighted by Crippen LogP contribution is 2.09. The van der Waals surface area contributed by atoms with E-state index in [4.69, 9.17) is 5.11 Å². The Balaban J connectivity index is 3.22. The lowest BCUT2D eigenvalue weighted by Crippen LogP contribution is -2.20. The summed E-state index contributed by atoms with van der Waals surface area (Å²) in [4.78, 5) is 2.22. The van der Waals surface area contributed by atoms with Crippen molar-refractivity contribution in [3.05, 3.63) is 12.8 Å². The lowest BCUT2D eigenvalue weighted by molar-refractivity contribution is 0.257. The van der Waals surface area contributed by atoms with Crippen molar-refractivity contribution < 1.29 is 5.11 Å². The van der Waals surface area contributed by atoms with Crippen molar-refractivity contribution in [2.75, 3.05) is 19.7 Å². The Labute approximate surface area is 108 Å². The third kappa shape index (κ3) is 11.8. The molecule has 0 rings (SSSR count). The predicted molar refractivity (Wildman–Crippen MR) is 76.1 cm³/mol. The molecular weight excluding hydrogens is 210 g/mol. The molecule has 0 atom stereocenters. The highest BCUT2D eigenvalue weighted by atomic mass is 16.3. The van der Waals surface area contributed by atoms with E-state index in [-0.39, 0.29) is 6.61 Å². The molecule has 0 heterocycles. The fourth-order valence-corrected chi connectivity index (χ4v) is 2.02. The predicted octanol–water partition coefficient (Wildman–Crippen LogP) is 3.96. The highest BCUT2D eigenvalue weighted by molar-refractivity contribution is 4.70. The fourth-order valence-electron chi connectivity index (χ4n) is 2.02. The van der Waals surface area contributed by atoms with Gasteiger partial charge in [-0.1, -0.05) is 58.4 Å². The molecule has 0 unspecified atom stereocenters. The minimum absolute atomic E-state index is 0.280. The summed E-state index contributed by atoms with van der Waals surface area (Å²) in [6.07, 6.45) is 13.6. The number of hydrogen-bond donors (Lipinski definition) is 1. The van der Waals surface area contributed by atoms with Gasteiger partial charge in [-0.3, -0.25) is 0 Å². The summed E-state index contributed by atoms with van der Waals surface area (Å²) in [6.45, 7) is 8.38. The molecule has 0 amide bonds. The molecule has 0 aliphatic heterocycles. The topological polar surface area (TPSA) is 23.5 Å². The molecule has 2 nitrogen and oxygen atoms in total. The standard InChI is InChI=1S/C15H31NO/c1-3-5-6-7-8-9-10-11-13-16(4-2)14-12-15-17/h4,17H,2-3,5-15H2,1H3. The third-order valence-electron chi connectivity index (χ3n) is 3.16. The van der Waals surface area contributed by atoms with Gasteiger partial charge in [0.05, 0.1) is 0 Å². The van der Waals surface area contributed by atoms with E-state index in [0.717, 1.165) is 19.5 Å². The lowest BCUT2D eigenvalue weighted by atomic mass is 10.1. The lowest BCUT2D eigenvalue weighted by Gasteiger charge is -2.19. The highest BCUT2D eigenvalue weighted by Gasteiger charge is 1.98. The maximum atomic E-state index is 8.76. The van der Waals surface area contributed by atoms with Gasteiger partial charge in [-0.2, -0.15) is 0 Å². The van der Waals surface area contributed by atoms with Crippen molar-refractivity contribution >= 4 is 0 Å². The van der Waals surface area contributed by atoms with Crippen LogP contribution in [0.5, 0.6) is 0 Å². The van der Waals surface area contributed by atoms with Gasteiger partial charge >= 0.3 is 0 Å². The van der Waals surface area contributed by atoms with Crippen LogP contribution in [0.1, 0.15) is 64.7 Å². The second-order valence-corrected chi connectivity index (χ2v) is 4.77. The molecule has 2 heteroatoms. The second-order valence-electron chi connectivity index (χ2n) is 4.77.